The fourth-order valence-corrected chi connectivity index (χ4v) is 3.24. The van der Waals surface area contributed by atoms with Crippen LogP contribution in [0.15, 0.2) is 34.8 Å². The highest BCUT2D eigenvalue weighted by atomic mass is 79.9. The molecule has 0 aromatic heterocycles. The zero-order valence-corrected chi connectivity index (χ0v) is 19.4. The Balaban J connectivity index is 2.11. The van der Waals surface area contributed by atoms with Gasteiger partial charge in [-0.15, -0.1) is 0 Å². The molecule has 0 fully saturated rings. The summed E-state index contributed by atoms with van der Waals surface area (Å²) in [5.41, 5.74) is 1.86. The van der Waals surface area contributed by atoms with Gasteiger partial charge in [-0.25, -0.2) is 0 Å². The first-order chi connectivity index (χ1) is 14.0. The van der Waals surface area contributed by atoms with E-state index in [0.29, 0.717) is 40.3 Å². The lowest BCUT2D eigenvalue weighted by atomic mass is 10.1. The standard InChI is InChI=1S/C21H24BrNO5S/c1-24-16-10-14(15(22)11-17(16)25-2)6-7-20(29)23-12-13-8-18(26-3)21(28-5)19(9-13)27-4/h6-11H,12H2,1-5H3,(H,23,29)/b7-6+. The number of benzene rings is 2. The quantitative estimate of drug-likeness (QED) is 0.414. The van der Waals surface area contributed by atoms with Crippen molar-refractivity contribution in [3.8, 4) is 28.7 Å². The number of methoxy groups -OCH3 is 5. The van der Waals surface area contributed by atoms with Crippen LogP contribution in [-0.4, -0.2) is 40.5 Å². The van der Waals surface area contributed by atoms with Gasteiger partial charge < -0.3 is 29.0 Å². The van der Waals surface area contributed by atoms with Gasteiger partial charge in [0.15, 0.2) is 23.0 Å². The van der Waals surface area contributed by atoms with Crippen molar-refractivity contribution >= 4 is 39.2 Å². The third kappa shape index (κ3) is 5.77. The minimum Gasteiger partial charge on any atom is -0.493 e. The van der Waals surface area contributed by atoms with E-state index >= 15 is 0 Å². The van der Waals surface area contributed by atoms with Crippen LogP contribution in [0.25, 0.3) is 6.08 Å². The average molecular weight is 482 g/mol. The highest BCUT2D eigenvalue weighted by Gasteiger charge is 2.13. The molecule has 156 valence electrons. The number of nitrogens with one attached hydrogen (secondary N) is 1. The lowest BCUT2D eigenvalue weighted by Gasteiger charge is -2.14. The molecule has 1 N–H and O–H groups in total. The van der Waals surface area contributed by atoms with Gasteiger partial charge in [-0.05, 0) is 41.5 Å². The van der Waals surface area contributed by atoms with Crippen LogP contribution in [-0.2, 0) is 6.54 Å². The van der Waals surface area contributed by atoms with Crippen LogP contribution in [0.3, 0.4) is 0 Å². The number of hydrogen-bond donors (Lipinski definition) is 1. The molecule has 0 aliphatic carbocycles. The Bertz CT molecular complexity index is 876. The molecule has 0 bridgehead atoms. The smallest absolute Gasteiger partial charge is 0.203 e. The van der Waals surface area contributed by atoms with Crippen LogP contribution in [0.4, 0.5) is 0 Å². The molecule has 0 unspecified atom stereocenters. The molecule has 0 amide bonds. The third-order valence-corrected chi connectivity index (χ3v) is 5.08. The van der Waals surface area contributed by atoms with Gasteiger partial charge in [-0.1, -0.05) is 34.2 Å². The van der Waals surface area contributed by atoms with Crippen LogP contribution >= 0.6 is 28.1 Å². The van der Waals surface area contributed by atoms with Crippen LogP contribution < -0.4 is 29.0 Å². The highest BCUT2D eigenvalue weighted by Crippen LogP contribution is 2.38. The lowest BCUT2D eigenvalue weighted by Crippen LogP contribution is -2.18. The molecule has 6 nitrogen and oxygen atoms in total. The lowest BCUT2D eigenvalue weighted by molar-refractivity contribution is 0.323. The van der Waals surface area contributed by atoms with Crippen LogP contribution in [0.1, 0.15) is 11.1 Å². The zero-order valence-electron chi connectivity index (χ0n) is 17.0. The fraction of sp³-hybridized carbons (Fsp3) is 0.286. The summed E-state index contributed by atoms with van der Waals surface area (Å²) in [6, 6.07) is 7.49. The summed E-state index contributed by atoms with van der Waals surface area (Å²) in [5, 5.41) is 3.20. The summed E-state index contributed by atoms with van der Waals surface area (Å²) in [6.07, 6.45) is 3.72. The van der Waals surface area contributed by atoms with Crippen LogP contribution in [0, 0.1) is 0 Å². The summed E-state index contributed by atoms with van der Waals surface area (Å²) < 4.78 is 27.6. The van der Waals surface area contributed by atoms with Crippen molar-refractivity contribution in [1.29, 1.82) is 0 Å². The first-order valence-electron chi connectivity index (χ1n) is 8.63. The SMILES string of the molecule is COc1cc(Br)c(/C=C/C(=S)NCc2cc(OC)c(OC)c(OC)c2)cc1OC. The maximum atomic E-state index is 5.42. The Morgan fingerprint density at radius 2 is 1.41 bits per heavy atom. The highest BCUT2D eigenvalue weighted by molar-refractivity contribution is 9.10. The summed E-state index contributed by atoms with van der Waals surface area (Å²) in [6.45, 7) is 0.507. The number of halogens is 1. The Morgan fingerprint density at radius 3 is 1.93 bits per heavy atom. The van der Waals surface area contributed by atoms with Crippen molar-refractivity contribution in [3.63, 3.8) is 0 Å². The van der Waals surface area contributed by atoms with Crippen molar-refractivity contribution in [2.75, 3.05) is 35.5 Å². The van der Waals surface area contributed by atoms with Crippen molar-refractivity contribution in [2.24, 2.45) is 0 Å². The number of rotatable bonds is 9. The second kappa shape index (κ2) is 10.9. The first-order valence-corrected chi connectivity index (χ1v) is 9.83. The molecule has 8 heteroatoms. The Hall–Kier alpha value is -2.45. The van der Waals surface area contributed by atoms with Gasteiger partial charge in [0, 0.05) is 11.0 Å². The van der Waals surface area contributed by atoms with E-state index in [2.05, 4.69) is 21.2 Å². The molecule has 0 aliphatic rings. The molecule has 2 aromatic rings. The predicted octanol–water partition coefficient (Wildman–Crippen LogP) is 4.62. The second-order valence-electron chi connectivity index (χ2n) is 5.81. The summed E-state index contributed by atoms with van der Waals surface area (Å²) in [7, 11) is 7.95. The zero-order chi connectivity index (χ0) is 21.4. The number of hydrogen-bond acceptors (Lipinski definition) is 6. The van der Waals surface area contributed by atoms with E-state index in [1.54, 1.807) is 35.5 Å². The van der Waals surface area contributed by atoms with Crippen molar-refractivity contribution in [2.45, 2.75) is 6.54 Å². The van der Waals surface area contributed by atoms with Crippen LogP contribution in [0.2, 0.25) is 0 Å². The summed E-state index contributed by atoms with van der Waals surface area (Å²) in [4.78, 5) is 0.584. The van der Waals surface area contributed by atoms with E-state index < -0.39 is 0 Å². The Labute approximate surface area is 184 Å². The topological polar surface area (TPSA) is 58.2 Å². The molecule has 2 rings (SSSR count). The van der Waals surface area contributed by atoms with E-state index in [1.807, 2.05) is 36.4 Å². The van der Waals surface area contributed by atoms with E-state index in [-0.39, 0.29) is 0 Å². The maximum Gasteiger partial charge on any atom is 0.203 e. The molecule has 0 aliphatic heterocycles. The molecule has 2 aromatic carbocycles. The van der Waals surface area contributed by atoms with Crippen LogP contribution in [0.5, 0.6) is 28.7 Å². The molecule has 29 heavy (non-hydrogen) atoms. The fourth-order valence-electron chi connectivity index (χ4n) is 2.65. The van der Waals surface area contributed by atoms with E-state index in [9.17, 15) is 0 Å². The average Bonchev–Trinajstić information content (AvgIpc) is 2.75. The summed E-state index contributed by atoms with van der Waals surface area (Å²) >= 11 is 8.95. The first kappa shape index (κ1) is 22.8. The summed E-state index contributed by atoms with van der Waals surface area (Å²) in [5.74, 6) is 3.05. The largest absolute Gasteiger partial charge is 0.493 e. The van der Waals surface area contributed by atoms with Gasteiger partial charge in [0.2, 0.25) is 5.75 Å². The van der Waals surface area contributed by atoms with Gasteiger partial charge >= 0.3 is 0 Å². The van der Waals surface area contributed by atoms with Gasteiger partial charge in [-0.3, -0.25) is 0 Å². The van der Waals surface area contributed by atoms with E-state index in [4.69, 9.17) is 35.9 Å². The van der Waals surface area contributed by atoms with E-state index in [0.717, 1.165) is 15.6 Å². The molecule has 0 heterocycles. The van der Waals surface area contributed by atoms with Gasteiger partial charge in [0.25, 0.3) is 0 Å². The third-order valence-electron chi connectivity index (χ3n) is 4.11. The van der Waals surface area contributed by atoms with Gasteiger partial charge in [0.05, 0.1) is 40.5 Å². The van der Waals surface area contributed by atoms with Crippen molar-refractivity contribution in [1.82, 2.24) is 5.32 Å². The van der Waals surface area contributed by atoms with Crippen molar-refractivity contribution in [3.05, 3.63) is 45.9 Å². The molecule has 0 saturated carbocycles. The molecule has 0 spiro atoms. The molecular formula is C21H24BrNO5S. The van der Waals surface area contributed by atoms with Crippen molar-refractivity contribution < 1.29 is 23.7 Å². The van der Waals surface area contributed by atoms with Gasteiger partial charge in [0.1, 0.15) is 0 Å². The molecule has 0 saturated heterocycles. The maximum absolute atomic E-state index is 5.42. The van der Waals surface area contributed by atoms with Gasteiger partial charge in [-0.2, -0.15) is 0 Å². The minimum atomic E-state index is 0.507. The molecule has 0 radical (unpaired) electrons. The predicted molar refractivity (Wildman–Crippen MR) is 122 cm³/mol. The number of thiocarbonyl (C=S) groups is 1. The Kier molecular flexibility index (Phi) is 8.60. The Morgan fingerprint density at radius 1 is 0.862 bits per heavy atom. The van der Waals surface area contributed by atoms with E-state index in [1.165, 1.54) is 0 Å². The number of ether oxygens (including phenoxy) is 5. The molecule has 0 atom stereocenters. The molecular weight excluding hydrogens is 458 g/mol. The minimum absolute atomic E-state index is 0.507. The monoisotopic (exact) mass is 481 g/mol. The normalized spacial score (nSPS) is 10.6. The second-order valence-corrected chi connectivity index (χ2v) is 7.11.